The number of hydrogen-bond donors (Lipinski definition) is 0. The topological polar surface area (TPSA) is 52.4 Å². The van der Waals surface area contributed by atoms with E-state index in [1.54, 1.807) is 6.07 Å². The third-order valence-electron chi connectivity index (χ3n) is 2.25. The summed E-state index contributed by atoms with van der Waals surface area (Å²) >= 11 is 8.73. The van der Waals surface area contributed by atoms with Crippen molar-refractivity contribution in [2.24, 2.45) is 0 Å². The van der Waals surface area contributed by atoms with Gasteiger partial charge in [-0.3, -0.25) is 10.1 Å². The average Bonchev–Trinajstić information content (AvgIpc) is 2.36. The summed E-state index contributed by atoms with van der Waals surface area (Å²) in [5.41, 5.74) is -0.270. The summed E-state index contributed by atoms with van der Waals surface area (Å²) in [6, 6.07) is 8.41. The van der Waals surface area contributed by atoms with Crippen LogP contribution in [0.1, 0.15) is 0 Å². The molecule has 0 bridgehead atoms. The van der Waals surface area contributed by atoms with Crippen LogP contribution in [0.4, 0.5) is 10.1 Å². The van der Waals surface area contributed by atoms with Gasteiger partial charge in [0.25, 0.3) is 0 Å². The summed E-state index contributed by atoms with van der Waals surface area (Å²) in [5.74, 6) is -0.992. The lowest BCUT2D eigenvalue weighted by Crippen LogP contribution is -1.95. The van der Waals surface area contributed by atoms with Crippen molar-refractivity contribution in [3.8, 4) is 11.5 Å². The van der Waals surface area contributed by atoms with E-state index in [1.807, 2.05) is 0 Å². The number of nitro benzene ring substituents is 1. The molecule has 2 rings (SSSR count). The number of nitrogens with zero attached hydrogens (tertiary/aromatic N) is 1. The highest BCUT2D eigenvalue weighted by Gasteiger charge is 2.18. The van der Waals surface area contributed by atoms with Crippen molar-refractivity contribution in [2.45, 2.75) is 0 Å². The fourth-order valence-electron chi connectivity index (χ4n) is 1.40. The molecule has 98 valence electrons. The second kappa shape index (κ2) is 5.54. The van der Waals surface area contributed by atoms with Gasteiger partial charge < -0.3 is 4.74 Å². The zero-order valence-corrected chi connectivity index (χ0v) is 11.6. The van der Waals surface area contributed by atoms with E-state index in [0.29, 0.717) is 4.47 Å². The normalized spacial score (nSPS) is 10.3. The minimum Gasteiger partial charge on any atom is -0.447 e. The molecule has 4 nitrogen and oxygen atoms in total. The highest BCUT2D eigenvalue weighted by molar-refractivity contribution is 9.10. The largest absolute Gasteiger partial charge is 0.447 e. The van der Waals surface area contributed by atoms with Crippen molar-refractivity contribution in [3.63, 3.8) is 0 Å². The van der Waals surface area contributed by atoms with Gasteiger partial charge in [-0.15, -0.1) is 0 Å². The molecule has 0 atom stereocenters. The van der Waals surface area contributed by atoms with Crippen molar-refractivity contribution in [2.75, 3.05) is 0 Å². The number of hydrogen-bond acceptors (Lipinski definition) is 3. The summed E-state index contributed by atoms with van der Waals surface area (Å²) in [6.45, 7) is 0. The first-order chi connectivity index (χ1) is 8.99. The highest BCUT2D eigenvalue weighted by Crippen LogP contribution is 2.35. The van der Waals surface area contributed by atoms with Crippen LogP contribution in [0.25, 0.3) is 0 Å². The Balaban J connectivity index is 2.44. The zero-order valence-electron chi connectivity index (χ0n) is 9.27. The average molecular weight is 347 g/mol. The van der Waals surface area contributed by atoms with Crippen LogP contribution in [-0.2, 0) is 0 Å². The van der Waals surface area contributed by atoms with Crippen molar-refractivity contribution < 1.29 is 14.1 Å². The van der Waals surface area contributed by atoms with Gasteiger partial charge in [0, 0.05) is 10.5 Å². The van der Waals surface area contributed by atoms with Crippen molar-refractivity contribution >= 4 is 33.2 Å². The van der Waals surface area contributed by atoms with Crippen molar-refractivity contribution in [3.05, 3.63) is 61.8 Å². The Kier molecular flexibility index (Phi) is 4.01. The Labute approximate surface area is 121 Å². The maximum Gasteiger partial charge on any atom is 0.312 e. The first-order valence-electron chi connectivity index (χ1n) is 5.05. The molecule has 19 heavy (non-hydrogen) atoms. The van der Waals surface area contributed by atoms with E-state index in [-0.39, 0.29) is 22.2 Å². The number of ether oxygens (including phenoxy) is 1. The maximum absolute atomic E-state index is 13.7. The Morgan fingerprint density at radius 1 is 1.26 bits per heavy atom. The minimum atomic E-state index is -0.763. The number of halogens is 3. The van der Waals surface area contributed by atoms with Gasteiger partial charge in [-0.2, -0.15) is 0 Å². The number of nitro groups is 1. The van der Waals surface area contributed by atoms with Crippen LogP contribution < -0.4 is 4.74 Å². The first-order valence-corrected chi connectivity index (χ1v) is 6.22. The van der Waals surface area contributed by atoms with E-state index in [4.69, 9.17) is 16.3 Å². The molecule has 0 unspecified atom stereocenters. The lowest BCUT2D eigenvalue weighted by Gasteiger charge is -2.08. The van der Waals surface area contributed by atoms with Crippen molar-refractivity contribution in [1.29, 1.82) is 0 Å². The molecule has 0 aliphatic heterocycles. The van der Waals surface area contributed by atoms with Gasteiger partial charge in [0.15, 0.2) is 11.6 Å². The SMILES string of the molecule is O=[N+]([O-])c1cc(Br)ccc1Oc1cccc(Cl)c1F. The molecule has 0 aliphatic carbocycles. The van der Waals surface area contributed by atoms with Crippen molar-refractivity contribution in [1.82, 2.24) is 0 Å². The van der Waals surface area contributed by atoms with Gasteiger partial charge in [0.1, 0.15) is 0 Å². The van der Waals surface area contributed by atoms with E-state index in [9.17, 15) is 14.5 Å². The molecule has 0 saturated heterocycles. The van der Waals surface area contributed by atoms with Crippen LogP contribution in [0.3, 0.4) is 0 Å². The van der Waals surface area contributed by atoms with Gasteiger partial charge in [0.05, 0.1) is 9.95 Å². The van der Waals surface area contributed by atoms with Crippen LogP contribution in [0.5, 0.6) is 11.5 Å². The fourth-order valence-corrected chi connectivity index (χ4v) is 1.92. The molecule has 0 aromatic heterocycles. The molecule has 7 heteroatoms. The van der Waals surface area contributed by atoms with Crippen LogP contribution in [0.15, 0.2) is 40.9 Å². The quantitative estimate of drug-likeness (QED) is 0.584. The molecule has 0 spiro atoms. The molecule has 0 radical (unpaired) electrons. The smallest absolute Gasteiger partial charge is 0.312 e. The van der Waals surface area contributed by atoms with E-state index in [2.05, 4.69) is 15.9 Å². The number of rotatable bonds is 3. The van der Waals surface area contributed by atoms with Crippen LogP contribution >= 0.6 is 27.5 Å². The van der Waals surface area contributed by atoms with E-state index < -0.39 is 10.7 Å². The third-order valence-corrected chi connectivity index (χ3v) is 3.04. The Morgan fingerprint density at radius 3 is 2.68 bits per heavy atom. The second-order valence-corrected chi connectivity index (χ2v) is 4.85. The molecule has 2 aromatic rings. The predicted octanol–water partition coefficient (Wildman–Crippen LogP) is 4.94. The van der Waals surface area contributed by atoms with Gasteiger partial charge in [-0.05, 0) is 24.3 Å². The molecule has 0 aliphatic rings. The summed E-state index contributed by atoms with van der Waals surface area (Å²) in [4.78, 5) is 10.3. The molecular formula is C12H6BrClFNO3. The fraction of sp³-hybridized carbons (Fsp3) is 0. The Hall–Kier alpha value is -1.66. The first kappa shape index (κ1) is 13.8. The summed E-state index contributed by atoms with van der Waals surface area (Å²) in [5, 5.41) is 10.8. The monoisotopic (exact) mass is 345 g/mol. The molecule has 0 amide bonds. The molecule has 0 saturated carbocycles. The van der Waals surface area contributed by atoms with Crippen LogP contribution in [-0.4, -0.2) is 4.92 Å². The van der Waals surface area contributed by atoms with Crippen LogP contribution in [0.2, 0.25) is 5.02 Å². The Morgan fingerprint density at radius 2 is 2.00 bits per heavy atom. The summed E-state index contributed by atoms with van der Waals surface area (Å²) in [7, 11) is 0. The predicted molar refractivity (Wildman–Crippen MR) is 72.3 cm³/mol. The van der Waals surface area contributed by atoms with Gasteiger partial charge in [0.2, 0.25) is 5.75 Å². The standard InChI is InChI=1S/C12H6BrClFNO3/c13-7-4-5-10(9(6-7)16(17)18)19-11-3-1-2-8(14)12(11)15/h1-6H. The molecular weight excluding hydrogens is 340 g/mol. The number of benzene rings is 2. The minimum absolute atomic E-state index is 0.0608. The van der Waals surface area contributed by atoms with Gasteiger partial charge >= 0.3 is 5.69 Å². The third kappa shape index (κ3) is 3.02. The molecule has 2 aromatic carbocycles. The molecule has 0 heterocycles. The van der Waals surface area contributed by atoms with E-state index in [0.717, 1.165) is 0 Å². The molecule has 0 N–H and O–H groups in total. The van der Waals surface area contributed by atoms with Crippen LogP contribution in [0, 0.1) is 15.9 Å². The van der Waals surface area contributed by atoms with Gasteiger partial charge in [-0.1, -0.05) is 33.6 Å². The lowest BCUT2D eigenvalue weighted by molar-refractivity contribution is -0.385. The highest BCUT2D eigenvalue weighted by atomic mass is 79.9. The zero-order chi connectivity index (χ0) is 14.0. The Bertz CT molecular complexity index is 651. The van der Waals surface area contributed by atoms with Gasteiger partial charge in [-0.25, -0.2) is 4.39 Å². The van der Waals surface area contributed by atoms with E-state index in [1.165, 1.54) is 30.3 Å². The maximum atomic E-state index is 13.7. The molecule has 0 fully saturated rings. The lowest BCUT2D eigenvalue weighted by atomic mass is 10.3. The van der Waals surface area contributed by atoms with E-state index >= 15 is 0 Å². The summed E-state index contributed by atoms with van der Waals surface area (Å²) < 4.78 is 19.4. The summed E-state index contributed by atoms with van der Waals surface area (Å²) in [6.07, 6.45) is 0. The second-order valence-electron chi connectivity index (χ2n) is 3.52.